The summed E-state index contributed by atoms with van der Waals surface area (Å²) in [5, 5.41) is 2.90. The number of anilines is 1. The van der Waals surface area contributed by atoms with Crippen molar-refractivity contribution in [3.05, 3.63) is 121 Å². The molecule has 2 heterocycles. The number of hydrogen-bond acceptors (Lipinski definition) is 6. The largest absolute Gasteiger partial charge is 0.497 e. The molecule has 5 rings (SSSR count). The second-order valence-electron chi connectivity index (χ2n) is 8.59. The van der Waals surface area contributed by atoms with Crippen LogP contribution in [0.3, 0.4) is 0 Å². The van der Waals surface area contributed by atoms with Crippen LogP contribution in [0.1, 0.15) is 24.1 Å². The fourth-order valence-corrected chi connectivity index (χ4v) is 5.44. The van der Waals surface area contributed by atoms with Crippen LogP contribution in [0.2, 0.25) is 0 Å². The molecule has 1 amide bonds. The molecule has 39 heavy (non-hydrogen) atoms. The highest BCUT2D eigenvalue weighted by atomic mass is 32.1. The number of thiazole rings is 1. The second kappa shape index (κ2) is 11.0. The van der Waals surface area contributed by atoms with Gasteiger partial charge < -0.3 is 14.8 Å². The van der Waals surface area contributed by atoms with Gasteiger partial charge in [0, 0.05) is 11.3 Å². The van der Waals surface area contributed by atoms with Gasteiger partial charge in [0.1, 0.15) is 11.5 Å². The number of hydrogen-bond donors (Lipinski definition) is 1. The number of amides is 1. The standard InChI is InChI=1S/C29H23F2N3O4S/c1-17-24(26(35)33-20-11-4-3-5-12-20)25(19-10-8-13-21(15-19)37-2)34-27(36)23(39-29(34)32-17)16-18-9-6-7-14-22(18)38-28(30)31/h3-16,25,28H,1-2H3,(H,33,35)/b23-16+/t25-/m1/s1. The lowest BCUT2D eigenvalue weighted by Gasteiger charge is -2.25. The third-order valence-corrected chi connectivity index (χ3v) is 7.11. The Morgan fingerprint density at radius 3 is 2.56 bits per heavy atom. The third kappa shape index (κ3) is 5.37. The Bertz CT molecular complexity index is 1750. The third-order valence-electron chi connectivity index (χ3n) is 6.13. The minimum absolute atomic E-state index is 0.0539. The number of aromatic nitrogens is 1. The number of carbonyl (C=O) groups excluding carboxylic acids is 1. The van der Waals surface area contributed by atoms with Gasteiger partial charge in [-0.15, -0.1) is 0 Å². The maximum Gasteiger partial charge on any atom is 0.387 e. The summed E-state index contributed by atoms with van der Waals surface area (Å²) in [6.07, 6.45) is 1.49. The molecule has 0 aliphatic carbocycles. The summed E-state index contributed by atoms with van der Waals surface area (Å²) in [6.45, 7) is -1.29. The summed E-state index contributed by atoms with van der Waals surface area (Å²) in [5.41, 5.74) is 1.89. The number of methoxy groups -OCH3 is 1. The zero-order chi connectivity index (χ0) is 27.5. The van der Waals surface area contributed by atoms with Gasteiger partial charge in [-0.05, 0) is 48.9 Å². The molecule has 1 aliphatic heterocycles. The number of halogens is 2. The maximum atomic E-state index is 13.8. The Hall–Kier alpha value is -4.57. The Balaban J connectivity index is 1.68. The van der Waals surface area contributed by atoms with Crippen LogP contribution < -0.4 is 29.7 Å². The molecule has 1 N–H and O–H groups in total. The van der Waals surface area contributed by atoms with E-state index in [0.717, 1.165) is 11.3 Å². The molecule has 0 spiro atoms. The fourth-order valence-electron chi connectivity index (χ4n) is 4.40. The summed E-state index contributed by atoms with van der Waals surface area (Å²) < 4.78 is 37.7. The fraction of sp³-hybridized carbons (Fsp3) is 0.138. The van der Waals surface area contributed by atoms with Crippen LogP contribution in [-0.4, -0.2) is 24.2 Å². The molecular weight excluding hydrogens is 524 g/mol. The van der Waals surface area contributed by atoms with E-state index in [-0.39, 0.29) is 10.3 Å². The van der Waals surface area contributed by atoms with Crippen molar-refractivity contribution in [3.63, 3.8) is 0 Å². The van der Waals surface area contributed by atoms with E-state index in [1.165, 1.54) is 23.8 Å². The van der Waals surface area contributed by atoms with Crippen molar-refractivity contribution in [1.82, 2.24) is 4.57 Å². The summed E-state index contributed by atoms with van der Waals surface area (Å²) in [6, 6.07) is 21.5. The number of allylic oxidation sites excluding steroid dienone is 1. The van der Waals surface area contributed by atoms with Crippen LogP contribution in [0, 0.1) is 0 Å². The van der Waals surface area contributed by atoms with Crippen molar-refractivity contribution in [2.45, 2.75) is 19.6 Å². The summed E-state index contributed by atoms with van der Waals surface area (Å²) in [5.74, 6) is 0.104. The van der Waals surface area contributed by atoms with Gasteiger partial charge in [-0.2, -0.15) is 8.78 Å². The quantitative estimate of drug-likeness (QED) is 0.370. The Morgan fingerprint density at radius 2 is 1.82 bits per heavy atom. The van der Waals surface area contributed by atoms with Gasteiger partial charge in [-0.1, -0.05) is 59.9 Å². The van der Waals surface area contributed by atoms with E-state index >= 15 is 0 Å². The molecule has 198 valence electrons. The van der Waals surface area contributed by atoms with Crippen LogP contribution in [0.15, 0.2) is 99.9 Å². The zero-order valence-electron chi connectivity index (χ0n) is 20.9. The second-order valence-corrected chi connectivity index (χ2v) is 9.60. The summed E-state index contributed by atoms with van der Waals surface area (Å²) in [7, 11) is 1.54. The molecule has 3 aromatic carbocycles. The van der Waals surface area contributed by atoms with Crippen molar-refractivity contribution in [2.75, 3.05) is 12.4 Å². The van der Waals surface area contributed by atoms with Gasteiger partial charge in [0.25, 0.3) is 11.5 Å². The number of nitrogens with zero attached hydrogens (tertiary/aromatic N) is 2. The first kappa shape index (κ1) is 26.1. The van der Waals surface area contributed by atoms with Gasteiger partial charge >= 0.3 is 6.61 Å². The highest BCUT2D eigenvalue weighted by Gasteiger charge is 2.32. The van der Waals surface area contributed by atoms with Crippen LogP contribution in [0.5, 0.6) is 11.5 Å². The van der Waals surface area contributed by atoms with Crippen molar-refractivity contribution in [3.8, 4) is 11.5 Å². The molecule has 0 unspecified atom stereocenters. The molecule has 0 radical (unpaired) electrons. The summed E-state index contributed by atoms with van der Waals surface area (Å²) in [4.78, 5) is 32.4. The molecule has 10 heteroatoms. The van der Waals surface area contributed by atoms with Gasteiger partial charge in [0.05, 0.1) is 29.0 Å². The smallest absolute Gasteiger partial charge is 0.387 e. The first-order valence-corrected chi connectivity index (χ1v) is 12.7. The number of benzene rings is 3. The van der Waals surface area contributed by atoms with Gasteiger partial charge in [0.2, 0.25) is 0 Å². The average Bonchev–Trinajstić information content (AvgIpc) is 3.23. The van der Waals surface area contributed by atoms with E-state index in [1.54, 1.807) is 67.6 Å². The van der Waals surface area contributed by atoms with E-state index in [2.05, 4.69) is 15.0 Å². The SMILES string of the molecule is COc1cccc([C@@H]2C(C(=O)Nc3ccccc3)=C(C)N=c3s/c(=C/c4ccccc4OC(F)F)c(=O)n32)c1. The lowest BCUT2D eigenvalue weighted by atomic mass is 9.95. The number of alkyl halides is 2. The van der Waals surface area contributed by atoms with Crippen LogP contribution in [0.25, 0.3) is 6.08 Å². The first-order chi connectivity index (χ1) is 18.9. The summed E-state index contributed by atoms with van der Waals surface area (Å²) >= 11 is 1.10. The van der Waals surface area contributed by atoms with E-state index < -0.39 is 24.1 Å². The average molecular weight is 548 g/mol. The highest BCUT2D eigenvalue weighted by molar-refractivity contribution is 7.07. The number of nitrogens with one attached hydrogen (secondary N) is 1. The number of fused-ring (bicyclic) bond motifs is 1. The molecule has 1 atom stereocenters. The minimum atomic E-state index is -3.01. The van der Waals surface area contributed by atoms with Crippen LogP contribution in [0.4, 0.5) is 14.5 Å². The molecule has 1 aliphatic rings. The monoisotopic (exact) mass is 547 g/mol. The first-order valence-electron chi connectivity index (χ1n) is 11.9. The number of ether oxygens (including phenoxy) is 2. The molecule has 0 bridgehead atoms. The Labute approximate surface area is 226 Å². The number of para-hydroxylation sites is 2. The van der Waals surface area contributed by atoms with Crippen molar-refractivity contribution in [2.24, 2.45) is 4.99 Å². The number of carbonyl (C=O) groups is 1. The molecule has 1 aromatic heterocycles. The lowest BCUT2D eigenvalue weighted by molar-refractivity contribution is -0.113. The van der Waals surface area contributed by atoms with E-state index in [1.807, 2.05) is 12.1 Å². The normalized spacial score (nSPS) is 15.1. The topological polar surface area (TPSA) is 81.9 Å². The molecule has 4 aromatic rings. The Morgan fingerprint density at radius 1 is 1.08 bits per heavy atom. The molecular formula is C29H23F2N3O4S. The predicted molar refractivity (Wildman–Crippen MR) is 145 cm³/mol. The van der Waals surface area contributed by atoms with Gasteiger partial charge in [-0.25, -0.2) is 4.99 Å². The van der Waals surface area contributed by atoms with Crippen molar-refractivity contribution < 1.29 is 23.0 Å². The van der Waals surface area contributed by atoms with Gasteiger partial charge in [-0.3, -0.25) is 14.2 Å². The minimum Gasteiger partial charge on any atom is -0.497 e. The van der Waals surface area contributed by atoms with E-state index in [0.29, 0.717) is 38.6 Å². The van der Waals surface area contributed by atoms with E-state index in [4.69, 9.17) is 4.74 Å². The molecule has 0 fully saturated rings. The van der Waals surface area contributed by atoms with Crippen LogP contribution >= 0.6 is 11.3 Å². The molecule has 0 saturated carbocycles. The lowest BCUT2D eigenvalue weighted by Crippen LogP contribution is -2.40. The van der Waals surface area contributed by atoms with Crippen molar-refractivity contribution in [1.29, 1.82) is 0 Å². The van der Waals surface area contributed by atoms with Gasteiger partial charge in [0.15, 0.2) is 4.80 Å². The molecule has 0 saturated heterocycles. The van der Waals surface area contributed by atoms with Crippen LogP contribution in [-0.2, 0) is 4.79 Å². The van der Waals surface area contributed by atoms with Crippen molar-refractivity contribution >= 4 is 29.0 Å². The highest BCUT2D eigenvalue weighted by Crippen LogP contribution is 2.32. The molecule has 7 nitrogen and oxygen atoms in total. The Kier molecular flexibility index (Phi) is 7.38. The van der Waals surface area contributed by atoms with E-state index in [9.17, 15) is 18.4 Å². The number of rotatable bonds is 7. The predicted octanol–water partition coefficient (Wildman–Crippen LogP) is 4.48. The zero-order valence-corrected chi connectivity index (χ0v) is 21.7. The maximum absolute atomic E-state index is 13.8.